The molecule has 1 aliphatic carbocycles. The van der Waals surface area contributed by atoms with Crippen LogP contribution in [0.2, 0.25) is 5.02 Å². The van der Waals surface area contributed by atoms with Crippen LogP contribution in [0.15, 0.2) is 24.4 Å². The molecular weight excluding hydrogens is 324 g/mol. The predicted octanol–water partition coefficient (Wildman–Crippen LogP) is 3.58. The first-order chi connectivity index (χ1) is 10.9. The average molecular weight is 336 g/mol. The number of fused-ring (bicyclic) bond motifs is 3. The molecule has 2 aromatic rings. The van der Waals surface area contributed by atoms with Gasteiger partial charge in [0.15, 0.2) is 0 Å². The molecule has 2 aliphatic rings. The summed E-state index contributed by atoms with van der Waals surface area (Å²) in [4.78, 5) is 22.8. The van der Waals surface area contributed by atoms with E-state index in [9.17, 15) is 13.6 Å². The van der Waals surface area contributed by atoms with Gasteiger partial charge in [0.25, 0.3) is 5.92 Å². The Balaban J connectivity index is 1.69. The van der Waals surface area contributed by atoms with Gasteiger partial charge in [-0.3, -0.25) is 4.79 Å². The number of ketones is 1. The summed E-state index contributed by atoms with van der Waals surface area (Å²) in [5.74, 6) is -2.51. The van der Waals surface area contributed by atoms with Gasteiger partial charge in [-0.1, -0.05) is 17.7 Å². The molecule has 1 saturated heterocycles. The summed E-state index contributed by atoms with van der Waals surface area (Å²) in [6.07, 6.45) is 1.14. The summed E-state index contributed by atoms with van der Waals surface area (Å²) >= 11 is 5.94. The normalized spacial score (nSPS) is 18.7. The number of nitrogens with zero attached hydrogens (tertiary/aromatic N) is 3. The fourth-order valence-electron chi connectivity index (χ4n) is 3.00. The smallest absolute Gasteiger partial charge is 0.251 e. The highest BCUT2D eigenvalue weighted by Crippen LogP contribution is 2.37. The lowest BCUT2D eigenvalue weighted by molar-refractivity contribution is -0.0222. The largest absolute Gasteiger partial charge is 0.340 e. The number of piperidine rings is 1. The number of carbonyl (C=O) groups excluding carboxylic acids is 1. The minimum Gasteiger partial charge on any atom is -0.340 e. The number of alkyl halides is 2. The zero-order chi connectivity index (χ0) is 16.2. The highest BCUT2D eigenvalue weighted by Gasteiger charge is 2.36. The van der Waals surface area contributed by atoms with Gasteiger partial charge in [0.2, 0.25) is 11.7 Å². The van der Waals surface area contributed by atoms with Crippen molar-refractivity contribution in [2.24, 2.45) is 0 Å². The summed E-state index contributed by atoms with van der Waals surface area (Å²) < 4.78 is 26.5. The van der Waals surface area contributed by atoms with E-state index in [2.05, 4.69) is 9.97 Å². The van der Waals surface area contributed by atoms with Gasteiger partial charge in [-0.2, -0.15) is 0 Å². The monoisotopic (exact) mass is 335 g/mol. The highest BCUT2D eigenvalue weighted by atomic mass is 35.5. The molecule has 2 heterocycles. The van der Waals surface area contributed by atoms with Crippen molar-refractivity contribution in [3.63, 3.8) is 0 Å². The Morgan fingerprint density at radius 2 is 1.87 bits per heavy atom. The lowest BCUT2D eigenvalue weighted by atomic mass is 10.1. The van der Waals surface area contributed by atoms with Gasteiger partial charge in [-0.15, -0.1) is 0 Å². The minimum atomic E-state index is -2.63. The Morgan fingerprint density at radius 1 is 1.13 bits per heavy atom. The van der Waals surface area contributed by atoms with Crippen LogP contribution in [0, 0.1) is 0 Å². The molecule has 0 radical (unpaired) electrons. The van der Waals surface area contributed by atoms with Crippen LogP contribution < -0.4 is 4.90 Å². The molecule has 23 heavy (non-hydrogen) atoms. The first kappa shape index (κ1) is 14.5. The lowest BCUT2D eigenvalue weighted by Gasteiger charge is -2.31. The Morgan fingerprint density at radius 3 is 2.61 bits per heavy atom. The third-order valence-corrected chi connectivity index (χ3v) is 4.52. The second-order valence-electron chi connectivity index (χ2n) is 5.79. The summed E-state index contributed by atoms with van der Waals surface area (Å²) in [6, 6.07) is 5.09. The standard InChI is InChI=1S/C16H12ClF2N3O/c17-9-1-2-10-11(7-9)14(23)13-12(10)8-20-15(21-13)22-5-3-16(18,19)4-6-22/h1-2,7-8H,3-6H2. The van der Waals surface area contributed by atoms with Gasteiger partial charge in [0, 0.05) is 48.3 Å². The lowest BCUT2D eigenvalue weighted by Crippen LogP contribution is -2.40. The molecule has 0 saturated carbocycles. The van der Waals surface area contributed by atoms with Crippen molar-refractivity contribution < 1.29 is 13.6 Å². The Labute approximate surface area is 136 Å². The molecule has 1 aliphatic heterocycles. The van der Waals surface area contributed by atoms with Crippen molar-refractivity contribution in [2.45, 2.75) is 18.8 Å². The van der Waals surface area contributed by atoms with Crippen LogP contribution in [0.1, 0.15) is 28.9 Å². The number of benzene rings is 1. The van der Waals surface area contributed by atoms with Crippen molar-refractivity contribution in [1.29, 1.82) is 0 Å². The second kappa shape index (κ2) is 4.96. The third-order valence-electron chi connectivity index (χ3n) is 4.29. The van der Waals surface area contributed by atoms with Crippen LogP contribution in [0.4, 0.5) is 14.7 Å². The molecule has 1 fully saturated rings. The molecule has 0 bridgehead atoms. The van der Waals surface area contributed by atoms with E-state index in [-0.39, 0.29) is 31.7 Å². The van der Waals surface area contributed by atoms with Crippen LogP contribution in [0.25, 0.3) is 11.1 Å². The van der Waals surface area contributed by atoms with E-state index in [0.29, 0.717) is 27.8 Å². The molecule has 0 unspecified atom stereocenters. The molecule has 0 spiro atoms. The maximum Gasteiger partial charge on any atom is 0.251 e. The minimum absolute atomic E-state index is 0.179. The van der Waals surface area contributed by atoms with Gasteiger partial charge >= 0.3 is 0 Å². The van der Waals surface area contributed by atoms with Gasteiger partial charge in [-0.05, 0) is 17.7 Å². The van der Waals surface area contributed by atoms with E-state index in [1.807, 2.05) is 0 Å². The van der Waals surface area contributed by atoms with Crippen LogP contribution in [-0.4, -0.2) is 34.8 Å². The fraction of sp³-hybridized carbons (Fsp3) is 0.312. The van der Waals surface area contributed by atoms with E-state index in [1.54, 1.807) is 29.3 Å². The molecule has 4 rings (SSSR count). The predicted molar refractivity (Wildman–Crippen MR) is 82.3 cm³/mol. The fourth-order valence-corrected chi connectivity index (χ4v) is 3.17. The topological polar surface area (TPSA) is 46.1 Å². The maximum atomic E-state index is 13.3. The first-order valence-corrected chi connectivity index (χ1v) is 7.67. The number of anilines is 1. The van der Waals surface area contributed by atoms with Crippen LogP contribution >= 0.6 is 11.6 Å². The summed E-state index contributed by atoms with van der Waals surface area (Å²) in [5.41, 5.74) is 2.23. The van der Waals surface area contributed by atoms with E-state index < -0.39 is 5.92 Å². The molecule has 4 nitrogen and oxygen atoms in total. The quantitative estimate of drug-likeness (QED) is 0.682. The molecule has 1 aromatic carbocycles. The van der Waals surface area contributed by atoms with Gasteiger partial charge in [-0.25, -0.2) is 18.7 Å². The zero-order valence-electron chi connectivity index (χ0n) is 12.0. The summed E-state index contributed by atoms with van der Waals surface area (Å²) in [6.45, 7) is 0.359. The van der Waals surface area contributed by atoms with Gasteiger partial charge in [0.1, 0.15) is 5.69 Å². The number of carbonyl (C=O) groups is 1. The number of halogens is 3. The van der Waals surface area contributed by atoms with Crippen molar-refractivity contribution >= 4 is 23.3 Å². The van der Waals surface area contributed by atoms with E-state index in [4.69, 9.17) is 11.6 Å². The third kappa shape index (κ3) is 2.37. The Bertz CT molecular complexity index is 815. The summed E-state index contributed by atoms with van der Waals surface area (Å²) in [7, 11) is 0. The number of rotatable bonds is 1. The number of aromatic nitrogens is 2. The van der Waals surface area contributed by atoms with Crippen LogP contribution in [0.3, 0.4) is 0 Å². The number of hydrogen-bond acceptors (Lipinski definition) is 4. The average Bonchev–Trinajstić information content (AvgIpc) is 2.80. The van der Waals surface area contributed by atoms with E-state index in [1.165, 1.54) is 0 Å². The van der Waals surface area contributed by atoms with Gasteiger partial charge in [0.05, 0.1) is 0 Å². The van der Waals surface area contributed by atoms with E-state index >= 15 is 0 Å². The van der Waals surface area contributed by atoms with E-state index in [0.717, 1.165) is 5.56 Å². The molecular formula is C16H12ClF2N3O. The Hall–Kier alpha value is -2.08. The zero-order valence-corrected chi connectivity index (χ0v) is 12.8. The van der Waals surface area contributed by atoms with Crippen molar-refractivity contribution in [2.75, 3.05) is 18.0 Å². The van der Waals surface area contributed by atoms with Crippen molar-refractivity contribution in [3.8, 4) is 11.1 Å². The SMILES string of the molecule is O=C1c2cc(Cl)ccc2-c2cnc(N3CCC(F)(F)CC3)nc21. The van der Waals surface area contributed by atoms with Crippen LogP contribution in [-0.2, 0) is 0 Å². The first-order valence-electron chi connectivity index (χ1n) is 7.29. The number of hydrogen-bond donors (Lipinski definition) is 0. The molecule has 0 N–H and O–H groups in total. The molecule has 1 aromatic heterocycles. The second-order valence-corrected chi connectivity index (χ2v) is 6.23. The molecule has 0 amide bonds. The highest BCUT2D eigenvalue weighted by molar-refractivity contribution is 6.32. The summed E-state index contributed by atoms with van der Waals surface area (Å²) in [5, 5.41) is 0.483. The Kier molecular flexibility index (Phi) is 3.13. The van der Waals surface area contributed by atoms with Crippen molar-refractivity contribution in [3.05, 3.63) is 40.7 Å². The maximum absolute atomic E-state index is 13.3. The van der Waals surface area contributed by atoms with Gasteiger partial charge < -0.3 is 4.90 Å². The molecule has 7 heteroatoms. The van der Waals surface area contributed by atoms with Crippen LogP contribution in [0.5, 0.6) is 0 Å². The molecule has 118 valence electrons. The molecule has 0 atom stereocenters. The van der Waals surface area contributed by atoms with Crippen molar-refractivity contribution in [1.82, 2.24) is 9.97 Å².